The zero-order chi connectivity index (χ0) is 9.36. The molecular formula is C9H17NO3. The third-order valence-electron chi connectivity index (χ3n) is 2.16. The van der Waals surface area contributed by atoms with Crippen LogP contribution in [0.1, 0.15) is 12.8 Å². The minimum Gasteiger partial charge on any atom is -0.467 e. The summed E-state index contributed by atoms with van der Waals surface area (Å²) in [6.07, 6.45) is 2.30. The van der Waals surface area contributed by atoms with Gasteiger partial charge in [0.15, 0.2) is 0 Å². The summed E-state index contributed by atoms with van der Waals surface area (Å²) < 4.78 is 10.0. The lowest BCUT2D eigenvalue weighted by Crippen LogP contribution is -2.33. The van der Waals surface area contributed by atoms with Crippen LogP contribution in [0.15, 0.2) is 0 Å². The molecule has 4 nitrogen and oxygen atoms in total. The Kier molecular flexibility index (Phi) is 5.52. The molecule has 1 fully saturated rings. The molecule has 0 aliphatic carbocycles. The highest BCUT2D eigenvalue weighted by molar-refractivity contribution is 5.36. The Hall–Kier alpha value is -0.610. The molecule has 4 heteroatoms. The maximum Gasteiger partial charge on any atom is 0.293 e. The van der Waals surface area contributed by atoms with Crippen LogP contribution >= 0.6 is 0 Å². The van der Waals surface area contributed by atoms with Crippen LogP contribution in [0.5, 0.6) is 0 Å². The first-order valence-corrected chi connectivity index (χ1v) is 4.79. The molecule has 1 rings (SSSR count). The first-order valence-electron chi connectivity index (χ1n) is 4.79. The molecule has 1 saturated heterocycles. The van der Waals surface area contributed by atoms with Crippen molar-refractivity contribution in [1.82, 2.24) is 4.90 Å². The van der Waals surface area contributed by atoms with E-state index in [0.717, 1.165) is 39.3 Å². The van der Waals surface area contributed by atoms with Gasteiger partial charge in [0.1, 0.15) is 6.61 Å². The van der Waals surface area contributed by atoms with E-state index in [1.165, 1.54) is 6.42 Å². The molecule has 0 aromatic heterocycles. The van der Waals surface area contributed by atoms with Crippen LogP contribution in [0.3, 0.4) is 0 Å². The normalized spacial score (nSPS) is 20.3. The summed E-state index contributed by atoms with van der Waals surface area (Å²) in [5.74, 6) is 0. The summed E-state index contributed by atoms with van der Waals surface area (Å²) in [5, 5.41) is 0. The second-order valence-electron chi connectivity index (χ2n) is 3.13. The number of carbonyl (C=O) groups excluding carboxylic acids is 1. The number of carbonyl (C=O) groups is 1. The number of ether oxygens (including phenoxy) is 2. The molecule has 0 amide bonds. The number of nitrogens with zero attached hydrogens (tertiary/aromatic N) is 1. The quantitative estimate of drug-likeness (QED) is 0.468. The third kappa shape index (κ3) is 4.85. The van der Waals surface area contributed by atoms with Crippen molar-refractivity contribution < 1.29 is 14.3 Å². The van der Waals surface area contributed by atoms with E-state index >= 15 is 0 Å². The van der Waals surface area contributed by atoms with Gasteiger partial charge >= 0.3 is 0 Å². The molecule has 0 aromatic rings. The first kappa shape index (κ1) is 10.5. The average Bonchev–Trinajstić information content (AvgIpc) is 2.08. The Bertz CT molecular complexity index is 133. The van der Waals surface area contributed by atoms with Crippen LogP contribution in [-0.4, -0.2) is 50.8 Å². The monoisotopic (exact) mass is 187 g/mol. The van der Waals surface area contributed by atoms with E-state index in [4.69, 9.17) is 4.74 Å². The summed E-state index contributed by atoms with van der Waals surface area (Å²) in [4.78, 5) is 12.2. The fourth-order valence-electron chi connectivity index (χ4n) is 1.40. The Balaban J connectivity index is 2.10. The number of hydrogen-bond donors (Lipinski definition) is 0. The van der Waals surface area contributed by atoms with Crippen LogP contribution in [0.2, 0.25) is 0 Å². The summed E-state index contributed by atoms with van der Waals surface area (Å²) in [6, 6.07) is 0. The van der Waals surface area contributed by atoms with Gasteiger partial charge in [-0.05, 0) is 19.4 Å². The van der Waals surface area contributed by atoms with Crippen LogP contribution < -0.4 is 0 Å². The predicted molar refractivity (Wildman–Crippen MR) is 48.5 cm³/mol. The SMILES string of the molecule is O=COCCN1CCCCOCC1. The highest BCUT2D eigenvalue weighted by atomic mass is 16.5. The Morgan fingerprint density at radius 2 is 2.23 bits per heavy atom. The van der Waals surface area contributed by atoms with E-state index in [9.17, 15) is 4.79 Å². The van der Waals surface area contributed by atoms with Gasteiger partial charge in [-0.25, -0.2) is 0 Å². The maximum absolute atomic E-state index is 9.90. The van der Waals surface area contributed by atoms with Gasteiger partial charge in [-0.3, -0.25) is 9.69 Å². The summed E-state index contributed by atoms with van der Waals surface area (Å²) in [6.45, 7) is 5.53. The molecule has 0 N–H and O–H groups in total. The molecule has 0 bridgehead atoms. The molecule has 0 aromatic carbocycles. The molecule has 0 atom stereocenters. The van der Waals surface area contributed by atoms with Crippen LogP contribution in [0.4, 0.5) is 0 Å². The Morgan fingerprint density at radius 1 is 1.31 bits per heavy atom. The van der Waals surface area contributed by atoms with Crippen molar-refractivity contribution >= 4 is 6.47 Å². The fourth-order valence-corrected chi connectivity index (χ4v) is 1.40. The minimum absolute atomic E-state index is 0.490. The van der Waals surface area contributed by atoms with Crippen LogP contribution in [0.25, 0.3) is 0 Å². The Morgan fingerprint density at radius 3 is 3.08 bits per heavy atom. The summed E-state index contributed by atoms with van der Waals surface area (Å²) in [5.41, 5.74) is 0. The molecule has 76 valence electrons. The van der Waals surface area contributed by atoms with Crippen molar-refractivity contribution in [3.63, 3.8) is 0 Å². The van der Waals surface area contributed by atoms with Gasteiger partial charge in [-0.1, -0.05) is 0 Å². The fraction of sp³-hybridized carbons (Fsp3) is 0.889. The molecule has 1 aliphatic rings. The second-order valence-corrected chi connectivity index (χ2v) is 3.13. The maximum atomic E-state index is 9.90. The second kappa shape index (κ2) is 6.86. The van der Waals surface area contributed by atoms with Gasteiger partial charge in [0.05, 0.1) is 6.61 Å². The zero-order valence-electron chi connectivity index (χ0n) is 7.91. The van der Waals surface area contributed by atoms with Gasteiger partial charge < -0.3 is 9.47 Å². The van der Waals surface area contributed by atoms with E-state index in [0.29, 0.717) is 13.1 Å². The lowest BCUT2D eigenvalue weighted by molar-refractivity contribution is -0.129. The summed E-state index contributed by atoms with van der Waals surface area (Å²) in [7, 11) is 0. The van der Waals surface area contributed by atoms with Gasteiger partial charge in [0, 0.05) is 19.7 Å². The molecule has 0 radical (unpaired) electrons. The molecule has 13 heavy (non-hydrogen) atoms. The number of hydrogen-bond acceptors (Lipinski definition) is 4. The van der Waals surface area contributed by atoms with E-state index < -0.39 is 0 Å². The van der Waals surface area contributed by atoms with Crippen LogP contribution in [-0.2, 0) is 14.3 Å². The first-order chi connectivity index (χ1) is 6.43. The summed E-state index contributed by atoms with van der Waals surface area (Å²) >= 11 is 0. The lowest BCUT2D eigenvalue weighted by Gasteiger charge is -2.23. The van der Waals surface area contributed by atoms with Gasteiger partial charge in [0.25, 0.3) is 6.47 Å². The lowest BCUT2D eigenvalue weighted by atomic mass is 10.3. The standard InChI is InChI=1S/C9H17NO3/c11-9-13-8-5-10-3-1-2-6-12-7-4-10/h9H,1-8H2. The van der Waals surface area contributed by atoms with Crippen molar-refractivity contribution in [3.8, 4) is 0 Å². The van der Waals surface area contributed by atoms with Crippen molar-refractivity contribution in [1.29, 1.82) is 0 Å². The van der Waals surface area contributed by atoms with Crippen molar-refractivity contribution in [3.05, 3.63) is 0 Å². The van der Waals surface area contributed by atoms with Gasteiger partial charge in [-0.2, -0.15) is 0 Å². The van der Waals surface area contributed by atoms with Crippen molar-refractivity contribution in [2.45, 2.75) is 12.8 Å². The van der Waals surface area contributed by atoms with Gasteiger partial charge in [-0.15, -0.1) is 0 Å². The van der Waals surface area contributed by atoms with E-state index in [-0.39, 0.29) is 0 Å². The van der Waals surface area contributed by atoms with Crippen molar-refractivity contribution in [2.24, 2.45) is 0 Å². The van der Waals surface area contributed by atoms with Crippen LogP contribution in [0, 0.1) is 0 Å². The van der Waals surface area contributed by atoms with E-state index in [1.54, 1.807) is 0 Å². The van der Waals surface area contributed by atoms with E-state index in [2.05, 4.69) is 9.64 Å². The molecule has 1 aliphatic heterocycles. The highest BCUT2D eigenvalue weighted by Gasteiger charge is 2.07. The third-order valence-corrected chi connectivity index (χ3v) is 2.16. The molecule has 0 saturated carbocycles. The minimum atomic E-state index is 0.490. The highest BCUT2D eigenvalue weighted by Crippen LogP contribution is 2.00. The average molecular weight is 187 g/mol. The Labute approximate surface area is 78.8 Å². The largest absolute Gasteiger partial charge is 0.467 e. The molecule has 0 unspecified atom stereocenters. The smallest absolute Gasteiger partial charge is 0.293 e. The number of rotatable bonds is 4. The van der Waals surface area contributed by atoms with Gasteiger partial charge in [0.2, 0.25) is 0 Å². The van der Waals surface area contributed by atoms with Crippen molar-refractivity contribution in [2.75, 3.05) is 39.5 Å². The zero-order valence-corrected chi connectivity index (χ0v) is 7.91. The topological polar surface area (TPSA) is 38.8 Å². The predicted octanol–water partition coefficient (Wildman–Crippen LogP) is 0.272. The molecule has 0 spiro atoms. The molecular weight excluding hydrogens is 170 g/mol. The molecule has 1 heterocycles. The van der Waals surface area contributed by atoms with E-state index in [1.807, 2.05) is 0 Å².